The van der Waals surface area contributed by atoms with Crippen LogP contribution in [0.15, 0.2) is 47.4 Å². The van der Waals surface area contributed by atoms with Crippen LogP contribution >= 0.6 is 0 Å². The first-order valence-corrected chi connectivity index (χ1v) is 7.40. The highest BCUT2D eigenvalue weighted by Crippen LogP contribution is 2.19. The van der Waals surface area contributed by atoms with Crippen molar-refractivity contribution in [1.29, 1.82) is 0 Å². The summed E-state index contributed by atoms with van der Waals surface area (Å²) < 4.78 is 26.6. The molecule has 100 valence electrons. The van der Waals surface area contributed by atoms with Crippen molar-refractivity contribution >= 4 is 26.6 Å². The Hall–Kier alpha value is -1.72. The zero-order valence-corrected chi connectivity index (χ0v) is 11.6. The molecule has 2 aromatic rings. The number of carbonyl (C=O) groups excluding carboxylic acids is 1. The smallest absolute Gasteiger partial charge is 0.241 e. The molecule has 0 aliphatic carbocycles. The number of hydrogen-bond acceptors (Lipinski definition) is 3. The fraction of sp³-hybridized carbons (Fsp3) is 0.214. The average molecular weight is 277 g/mol. The molecule has 0 spiro atoms. The maximum atomic E-state index is 12.1. The highest BCUT2D eigenvalue weighted by Gasteiger charge is 2.19. The Kier molecular flexibility index (Phi) is 3.68. The number of sulfonamides is 1. The van der Waals surface area contributed by atoms with Gasteiger partial charge in [0.05, 0.1) is 10.9 Å². The lowest BCUT2D eigenvalue weighted by molar-refractivity contribution is -0.118. The van der Waals surface area contributed by atoms with Crippen LogP contribution in [-0.4, -0.2) is 20.2 Å². The maximum Gasteiger partial charge on any atom is 0.241 e. The van der Waals surface area contributed by atoms with Gasteiger partial charge in [0.15, 0.2) is 0 Å². The minimum Gasteiger partial charge on any atom is -0.298 e. The molecule has 1 unspecified atom stereocenters. The molecule has 0 heterocycles. The standard InChI is InChI=1S/C14H15NO3S/c1-10(11(2)16)15-19(17,18)14-8-7-12-5-3-4-6-13(12)9-14/h3-10,15H,1-2H3. The van der Waals surface area contributed by atoms with Crippen LogP contribution in [0.1, 0.15) is 13.8 Å². The van der Waals surface area contributed by atoms with Crippen LogP contribution in [0, 0.1) is 0 Å². The minimum atomic E-state index is -3.67. The number of carbonyl (C=O) groups is 1. The number of fused-ring (bicyclic) bond motifs is 1. The zero-order valence-electron chi connectivity index (χ0n) is 10.8. The van der Waals surface area contributed by atoms with Gasteiger partial charge < -0.3 is 0 Å². The van der Waals surface area contributed by atoms with Gasteiger partial charge in [-0.2, -0.15) is 0 Å². The van der Waals surface area contributed by atoms with Gasteiger partial charge in [-0.25, -0.2) is 13.1 Å². The summed E-state index contributed by atoms with van der Waals surface area (Å²) in [6.45, 7) is 2.88. The maximum absolute atomic E-state index is 12.1. The first-order valence-electron chi connectivity index (χ1n) is 5.92. The van der Waals surface area contributed by atoms with E-state index in [1.165, 1.54) is 19.9 Å². The minimum absolute atomic E-state index is 0.166. The van der Waals surface area contributed by atoms with Crippen molar-refractivity contribution in [3.63, 3.8) is 0 Å². The van der Waals surface area contributed by atoms with Crippen molar-refractivity contribution in [2.24, 2.45) is 0 Å². The Morgan fingerprint density at radius 2 is 1.74 bits per heavy atom. The van der Waals surface area contributed by atoms with Crippen LogP contribution in [0.2, 0.25) is 0 Å². The highest BCUT2D eigenvalue weighted by molar-refractivity contribution is 7.89. The molecule has 0 aromatic heterocycles. The van der Waals surface area contributed by atoms with Crippen LogP contribution in [-0.2, 0) is 14.8 Å². The van der Waals surface area contributed by atoms with Gasteiger partial charge in [0.1, 0.15) is 5.78 Å². The Morgan fingerprint density at radius 3 is 2.37 bits per heavy atom. The summed E-state index contributed by atoms with van der Waals surface area (Å²) in [5.41, 5.74) is 0. The van der Waals surface area contributed by atoms with Gasteiger partial charge in [0, 0.05) is 0 Å². The third-order valence-corrected chi connectivity index (χ3v) is 4.51. The number of Topliss-reactive ketones (excluding diaryl/α,β-unsaturated/α-hetero) is 1. The summed E-state index contributed by atoms with van der Waals surface area (Å²) in [6, 6.07) is 11.7. The predicted octanol–water partition coefficient (Wildman–Crippen LogP) is 2.10. The molecule has 1 atom stereocenters. The van der Waals surface area contributed by atoms with Crippen LogP contribution in [0.3, 0.4) is 0 Å². The first kappa shape index (κ1) is 13.7. The monoisotopic (exact) mass is 277 g/mol. The third-order valence-electron chi connectivity index (χ3n) is 2.97. The van der Waals surface area contributed by atoms with E-state index in [0.29, 0.717) is 0 Å². The first-order chi connectivity index (χ1) is 8.90. The SMILES string of the molecule is CC(=O)C(C)NS(=O)(=O)c1ccc2ccccc2c1. The van der Waals surface area contributed by atoms with Gasteiger partial charge >= 0.3 is 0 Å². The van der Waals surface area contributed by atoms with Crippen LogP contribution < -0.4 is 4.72 Å². The molecule has 0 aliphatic rings. The molecule has 0 radical (unpaired) electrons. The second kappa shape index (κ2) is 5.11. The van der Waals surface area contributed by atoms with E-state index in [1.54, 1.807) is 12.1 Å². The van der Waals surface area contributed by atoms with E-state index in [4.69, 9.17) is 0 Å². The summed E-state index contributed by atoms with van der Waals surface area (Å²) in [4.78, 5) is 11.3. The Bertz CT molecular complexity index is 722. The molecular formula is C14H15NO3S. The molecule has 0 saturated heterocycles. The van der Waals surface area contributed by atoms with Gasteiger partial charge in [-0.1, -0.05) is 30.3 Å². The van der Waals surface area contributed by atoms with E-state index < -0.39 is 16.1 Å². The lowest BCUT2D eigenvalue weighted by atomic mass is 10.1. The summed E-state index contributed by atoms with van der Waals surface area (Å²) >= 11 is 0. The largest absolute Gasteiger partial charge is 0.298 e. The fourth-order valence-corrected chi connectivity index (χ4v) is 3.02. The number of rotatable bonds is 4. The van der Waals surface area contributed by atoms with Crippen LogP contribution in [0.5, 0.6) is 0 Å². The summed E-state index contributed by atoms with van der Waals surface area (Å²) in [7, 11) is -3.67. The van der Waals surface area contributed by atoms with E-state index in [9.17, 15) is 13.2 Å². The third kappa shape index (κ3) is 3.00. The molecule has 2 rings (SSSR count). The normalized spacial score (nSPS) is 13.4. The second-order valence-electron chi connectivity index (χ2n) is 4.46. The van der Waals surface area contributed by atoms with Gasteiger partial charge in [-0.3, -0.25) is 4.79 Å². The summed E-state index contributed by atoms with van der Waals surface area (Å²) in [5, 5.41) is 1.82. The van der Waals surface area contributed by atoms with E-state index in [0.717, 1.165) is 10.8 Å². The molecule has 5 heteroatoms. The van der Waals surface area contributed by atoms with E-state index in [2.05, 4.69) is 4.72 Å². The molecule has 0 amide bonds. The summed E-state index contributed by atoms with van der Waals surface area (Å²) in [5.74, 6) is -0.218. The topological polar surface area (TPSA) is 63.2 Å². The van der Waals surface area contributed by atoms with Gasteiger partial charge in [0.2, 0.25) is 10.0 Å². The van der Waals surface area contributed by atoms with Crippen LogP contribution in [0.4, 0.5) is 0 Å². The van der Waals surface area contributed by atoms with Gasteiger partial charge in [-0.15, -0.1) is 0 Å². The lowest BCUT2D eigenvalue weighted by Crippen LogP contribution is -2.37. The van der Waals surface area contributed by atoms with E-state index in [-0.39, 0.29) is 10.7 Å². The predicted molar refractivity (Wildman–Crippen MR) is 74.4 cm³/mol. The van der Waals surface area contributed by atoms with Crippen molar-refractivity contribution in [2.45, 2.75) is 24.8 Å². The molecule has 19 heavy (non-hydrogen) atoms. The zero-order chi connectivity index (χ0) is 14.0. The van der Waals surface area contributed by atoms with Gasteiger partial charge in [0.25, 0.3) is 0 Å². The number of ketones is 1. The molecule has 4 nitrogen and oxygen atoms in total. The number of nitrogens with one attached hydrogen (secondary N) is 1. The van der Waals surface area contributed by atoms with Crippen molar-refractivity contribution in [3.8, 4) is 0 Å². The molecule has 2 aromatic carbocycles. The van der Waals surface area contributed by atoms with Crippen molar-refractivity contribution in [1.82, 2.24) is 4.72 Å². The molecule has 0 bridgehead atoms. The molecular weight excluding hydrogens is 262 g/mol. The second-order valence-corrected chi connectivity index (χ2v) is 6.18. The number of benzene rings is 2. The van der Waals surface area contributed by atoms with Crippen molar-refractivity contribution < 1.29 is 13.2 Å². The Morgan fingerprint density at radius 1 is 1.11 bits per heavy atom. The summed E-state index contributed by atoms with van der Waals surface area (Å²) in [6.07, 6.45) is 0. The quantitative estimate of drug-likeness (QED) is 0.930. The average Bonchev–Trinajstić information content (AvgIpc) is 2.37. The fourth-order valence-electron chi connectivity index (χ4n) is 1.72. The number of hydrogen-bond donors (Lipinski definition) is 1. The molecule has 0 fully saturated rings. The van der Waals surface area contributed by atoms with E-state index in [1.807, 2.05) is 24.3 Å². The van der Waals surface area contributed by atoms with Crippen LogP contribution in [0.25, 0.3) is 10.8 Å². The van der Waals surface area contributed by atoms with Crippen molar-refractivity contribution in [3.05, 3.63) is 42.5 Å². The Labute approximate surface area is 112 Å². The highest BCUT2D eigenvalue weighted by atomic mass is 32.2. The molecule has 1 N–H and O–H groups in total. The van der Waals surface area contributed by atoms with E-state index >= 15 is 0 Å². The van der Waals surface area contributed by atoms with Gasteiger partial charge in [-0.05, 0) is 36.8 Å². The van der Waals surface area contributed by atoms with Crippen molar-refractivity contribution in [2.75, 3.05) is 0 Å². The molecule has 0 saturated carbocycles. The Balaban J connectivity index is 2.40. The lowest BCUT2D eigenvalue weighted by Gasteiger charge is -2.11. The molecule has 0 aliphatic heterocycles.